The molecule has 2 rings (SSSR count). The number of anilines is 1. The summed E-state index contributed by atoms with van der Waals surface area (Å²) in [6, 6.07) is 8.41. The van der Waals surface area contributed by atoms with Crippen LogP contribution in [0.3, 0.4) is 0 Å². The maximum atomic E-state index is 13.2. The molecule has 0 saturated heterocycles. The third-order valence-electron chi connectivity index (χ3n) is 3.43. The van der Waals surface area contributed by atoms with E-state index >= 15 is 0 Å². The van der Waals surface area contributed by atoms with Crippen molar-refractivity contribution >= 4 is 11.5 Å². The van der Waals surface area contributed by atoms with Gasteiger partial charge < -0.3 is 5.32 Å². The van der Waals surface area contributed by atoms with Crippen molar-refractivity contribution in [1.82, 2.24) is 0 Å². The average molecular weight is 361 g/mol. The predicted molar refractivity (Wildman–Crippen MR) is 80.3 cm³/mol. The number of nitrogens with one attached hydrogen (secondary N) is 1. The molecule has 2 aromatic carbocycles. The Kier molecular flexibility index (Phi) is 5.39. The first-order valence-electron chi connectivity index (χ1n) is 7.16. The molecule has 1 N–H and O–H groups in total. The Labute approximate surface area is 139 Å². The van der Waals surface area contributed by atoms with E-state index in [1.807, 2.05) is 0 Å². The third kappa shape index (κ3) is 5.23. The van der Waals surface area contributed by atoms with Crippen LogP contribution < -0.4 is 5.32 Å². The zero-order chi connectivity index (χ0) is 18.7. The molecule has 0 aliphatic rings. The lowest BCUT2D eigenvalue weighted by Crippen LogP contribution is -2.38. The van der Waals surface area contributed by atoms with Crippen molar-refractivity contribution in [3.63, 3.8) is 0 Å². The first kappa shape index (κ1) is 18.8. The fourth-order valence-corrected chi connectivity index (χ4v) is 2.13. The van der Waals surface area contributed by atoms with Crippen molar-refractivity contribution in [3.05, 3.63) is 65.7 Å². The zero-order valence-electron chi connectivity index (χ0n) is 12.7. The lowest BCUT2D eigenvalue weighted by atomic mass is 10.0. The molecule has 0 spiro atoms. The number of ketones is 1. The second-order valence-corrected chi connectivity index (χ2v) is 5.31. The molecular weight excluding hydrogens is 348 g/mol. The number of carbonyl (C=O) groups is 1. The minimum atomic E-state index is -4.74. The van der Waals surface area contributed by atoms with Gasteiger partial charge in [-0.15, -0.1) is 0 Å². The van der Waals surface area contributed by atoms with Crippen molar-refractivity contribution in [2.24, 2.45) is 0 Å². The van der Waals surface area contributed by atoms with E-state index in [4.69, 9.17) is 0 Å². The van der Waals surface area contributed by atoms with Crippen LogP contribution in [0.25, 0.3) is 0 Å². The summed E-state index contributed by atoms with van der Waals surface area (Å²) in [7, 11) is 0. The first-order valence-corrected chi connectivity index (χ1v) is 7.16. The molecule has 2 nitrogen and oxygen atoms in total. The zero-order valence-corrected chi connectivity index (χ0v) is 12.7. The Bertz CT molecular complexity index is 707. The summed E-state index contributed by atoms with van der Waals surface area (Å²) >= 11 is 0. The molecule has 134 valence electrons. The van der Waals surface area contributed by atoms with E-state index in [2.05, 4.69) is 5.32 Å². The molecule has 0 aliphatic carbocycles. The molecule has 0 radical (unpaired) electrons. The van der Waals surface area contributed by atoms with Gasteiger partial charge in [-0.1, -0.05) is 30.3 Å². The number of hydrogen-bond acceptors (Lipinski definition) is 2. The Morgan fingerprint density at radius 1 is 0.880 bits per heavy atom. The van der Waals surface area contributed by atoms with Crippen molar-refractivity contribution in [3.8, 4) is 0 Å². The molecule has 0 saturated carbocycles. The van der Waals surface area contributed by atoms with Gasteiger partial charge >= 0.3 is 12.4 Å². The summed E-state index contributed by atoms with van der Waals surface area (Å²) in [5.41, 5.74) is -0.996. The highest BCUT2D eigenvalue weighted by atomic mass is 19.4. The number of benzene rings is 2. The summed E-state index contributed by atoms with van der Waals surface area (Å²) in [5.74, 6) is -0.720. The number of carbonyl (C=O) groups excluding carboxylic acids is 1. The second-order valence-electron chi connectivity index (χ2n) is 5.31. The normalized spacial score (nSPS) is 13.4. The smallest absolute Gasteiger partial charge is 0.374 e. The van der Waals surface area contributed by atoms with Gasteiger partial charge in [0.05, 0.1) is 5.56 Å². The first-order chi connectivity index (χ1) is 11.6. The molecule has 1 unspecified atom stereocenters. The average Bonchev–Trinajstić information content (AvgIpc) is 2.54. The highest BCUT2D eigenvalue weighted by Crippen LogP contribution is 2.31. The van der Waals surface area contributed by atoms with E-state index < -0.39 is 36.2 Å². The number of alkyl halides is 6. The molecule has 0 heterocycles. The molecular formula is C17H13F6NO. The minimum absolute atomic E-state index is 0.131. The van der Waals surface area contributed by atoms with E-state index in [0.29, 0.717) is 12.1 Å². The number of rotatable bonds is 5. The van der Waals surface area contributed by atoms with E-state index in [0.717, 1.165) is 12.1 Å². The van der Waals surface area contributed by atoms with Gasteiger partial charge in [0.1, 0.15) is 6.04 Å². The second kappa shape index (κ2) is 7.16. The fraction of sp³-hybridized carbons (Fsp3) is 0.235. The van der Waals surface area contributed by atoms with Crippen LogP contribution in [0.15, 0.2) is 54.6 Å². The minimum Gasteiger partial charge on any atom is -0.374 e. The van der Waals surface area contributed by atoms with Gasteiger partial charge in [-0.2, -0.15) is 26.3 Å². The fourth-order valence-electron chi connectivity index (χ4n) is 2.13. The quantitative estimate of drug-likeness (QED) is 0.577. The predicted octanol–water partition coefficient (Wildman–Crippen LogP) is 5.32. The summed E-state index contributed by atoms with van der Waals surface area (Å²) in [5, 5.41) is 2.09. The molecule has 1 atom stereocenters. The highest BCUT2D eigenvalue weighted by molar-refractivity contribution is 5.96. The molecule has 0 aromatic heterocycles. The highest BCUT2D eigenvalue weighted by Gasteiger charge is 2.41. The number of hydrogen-bond donors (Lipinski definition) is 1. The van der Waals surface area contributed by atoms with Gasteiger partial charge in [-0.25, -0.2) is 0 Å². The lowest BCUT2D eigenvalue weighted by Gasteiger charge is -2.22. The summed E-state index contributed by atoms with van der Waals surface area (Å²) < 4.78 is 76.9. The third-order valence-corrected chi connectivity index (χ3v) is 3.43. The Morgan fingerprint density at radius 2 is 1.44 bits per heavy atom. The molecule has 2 aromatic rings. The Balaban J connectivity index is 2.15. The molecule has 8 heteroatoms. The lowest BCUT2D eigenvalue weighted by molar-refractivity contribution is -0.142. The number of halogens is 6. The van der Waals surface area contributed by atoms with E-state index in [1.165, 1.54) is 24.3 Å². The van der Waals surface area contributed by atoms with Crippen LogP contribution in [0, 0.1) is 0 Å². The van der Waals surface area contributed by atoms with Crippen LogP contribution in [0.4, 0.5) is 32.0 Å². The Morgan fingerprint density at radius 3 is 1.92 bits per heavy atom. The van der Waals surface area contributed by atoms with Crippen molar-refractivity contribution in [1.29, 1.82) is 0 Å². The van der Waals surface area contributed by atoms with Crippen molar-refractivity contribution in [2.75, 3.05) is 5.32 Å². The van der Waals surface area contributed by atoms with Crippen LogP contribution in [0.1, 0.15) is 22.3 Å². The van der Waals surface area contributed by atoms with Crippen LogP contribution in [-0.2, 0) is 6.18 Å². The van der Waals surface area contributed by atoms with Crippen LogP contribution in [-0.4, -0.2) is 18.0 Å². The summed E-state index contributed by atoms with van der Waals surface area (Å²) in [4.78, 5) is 12.0. The van der Waals surface area contributed by atoms with Gasteiger partial charge in [-0.05, 0) is 24.3 Å². The maximum Gasteiger partial charge on any atom is 0.416 e. The standard InChI is InChI=1S/C17H13F6NO/c18-16(19,20)12-6-8-13(9-7-12)24-15(17(21,22)23)10-14(25)11-4-2-1-3-5-11/h1-9,15,24H,10H2. The molecule has 0 aliphatic heterocycles. The van der Waals surface area contributed by atoms with Gasteiger partial charge in [0.2, 0.25) is 0 Å². The van der Waals surface area contributed by atoms with Gasteiger partial charge in [0.25, 0.3) is 0 Å². The summed E-state index contributed by atoms with van der Waals surface area (Å²) in [6.45, 7) is 0. The Hall–Kier alpha value is -2.51. The van der Waals surface area contributed by atoms with Crippen LogP contribution >= 0.6 is 0 Å². The van der Waals surface area contributed by atoms with Crippen molar-refractivity contribution < 1.29 is 31.1 Å². The monoisotopic (exact) mass is 361 g/mol. The van der Waals surface area contributed by atoms with Gasteiger partial charge in [-0.3, -0.25) is 4.79 Å². The molecule has 0 bridgehead atoms. The van der Waals surface area contributed by atoms with Gasteiger partial charge in [0.15, 0.2) is 5.78 Å². The molecule has 0 amide bonds. The molecule has 0 fully saturated rings. The maximum absolute atomic E-state index is 13.2. The molecule has 25 heavy (non-hydrogen) atoms. The SMILES string of the molecule is O=C(CC(Nc1ccc(C(F)(F)F)cc1)C(F)(F)F)c1ccccc1. The largest absolute Gasteiger partial charge is 0.416 e. The van der Waals surface area contributed by atoms with Crippen LogP contribution in [0.5, 0.6) is 0 Å². The van der Waals surface area contributed by atoms with Gasteiger partial charge in [0, 0.05) is 17.7 Å². The summed E-state index contributed by atoms with van der Waals surface area (Å²) in [6.07, 6.45) is -10.2. The topological polar surface area (TPSA) is 29.1 Å². The number of Topliss-reactive ketones (excluding diaryl/α,β-unsaturated/α-hetero) is 1. The van der Waals surface area contributed by atoms with E-state index in [9.17, 15) is 31.1 Å². The van der Waals surface area contributed by atoms with Crippen LogP contribution in [0.2, 0.25) is 0 Å². The van der Waals surface area contributed by atoms with Crippen molar-refractivity contribution in [2.45, 2.75) is 24.8 Å². The van der Waals surface area contributed by atoms with E-state index in [-0.39, 0.29) is 11.3 Å². The van der Waals surface area contributed by atoms with E-state index in [1.54, 1.807) is 6.07 Å².